The number of fused-ring (bicyclic) bond motifs is 1. The Labute approximate surface area is 191 Å². The Morgan fingerprint density at radius 2 is 1.58 bits per heavy atom. The van der Waals surface area contributed by atoms with E-state index in [0.717, 1.165) is 12.8 Å². The molecule has 3 amide bonds. The van der Waals surface area contributed by atoms with Crippen LogP contribution in [0.3, 0.4) is 0 Å². The second kappa shape index (κ2) is 9.44. The summed E-state index contributed by atoms with van der Waals surface area (Å²) < 4.78 is 0. The summed E-state index contributed by atoms with van der Waals surface area (Å²) in [5.41, 5.74) is 1.42. The molecular weight excluding hydrogens is 424 g/mol. The van der Waals surface area contributed by atoms with Gasteiger partial charge in [-0.25, -0.2) is 4.79 Å². The van der Waals surface area contributed by atoms with Crippen LogP contribution in [0.2, 0.25) is 0 Å². The van der Waals surface area contributed by atoms with Gasteiger partial charge in [-0.15, -0.1) is 0 Å². The number of carbonyl (C=O) groups is 4. The Morgan fingerprint density at radius 1 is 0.970 bits per heavy atom. The van der Waals surface area contributed by atoms with E-state index in [-0.39, 0.29) is 42.4 Å². The van der Waals surface area contributed by atoms with Crippen molar-refractivity contribution >= 4 is 23.7 Å². The maximum Gasteiger partial charge on any atom is 0.326 e. The first-order chi connectivity index (χ1) is 15.8. The summed E-state index contributed by atoms with van der Waals surface area (Å²) in [6.45, 7) is 0.139. The van der Waals surface area contributed by atoms with E-state index in [1.165, 1.54) is 17.0 Å². The van der Waals surface area contributed by atoms with E-state index in [1.807, 2.05) is 0 Å². The smallest absolute Gasteiger partial charge is 0.326 e. The first-order valence-electron chi connectivity index (χ1n) is 11.1. The van der Waals surface area contributed by atoms with E-state index >= 15 is 0 Å². The first kappa shape index (κ1) is 22.5. The number of carboxylic acids is 1. The number of aromatic hydroxyl groups is 1. The van der Waals surface area contributed by atoms with Crippen molar-refractivity contribution in [2.45, 2.75) is 38.1 Å². The van der Waals surface area contributed by atoms with Gasteiger partial charge in [0.1, 0.15) is 11.8 Å². The molecule has 172 valence electrons. The van der Waals surface area contributed by atoms with Crippen LogP contribution in [-0.2, 0) is 16.0 Å². The molecule has 3 unspecified atom stereocenters. The van der Waals surface area contributed by atoms with Crippen LogP contribution in [0.1, 0.15) is 52.0 Å². The molecule has 1 aliphatic carbocycles. The molecule has 4 rings (SSSR count). The second-order valence-corrected chi connectivity index (χ2v) is 8.69. The standard InChI is InChI=1S/C25H26N2O6/c28-17-11-9-15(10-12-17)13-21(25(32)33)26-22(29)18-6-2-1-5-16(18)14-27-23(30)19-7-3-4-8-20(19)24(27)31/h3-4,7-12,16,18,21,28H,1-2,5-6,13-14H2,(H,26,29)(H,32,33). The highest BCUT2D eigenvalue weighted by atomic mass is 16.4. The van der Waals surface area contributed by atoms with Gasteiger partial charge in [-0.3, -0.25) is 19.3 Å². The summed E-state index contributed by atoms with van der Waals surface area (Å²) in [4.78, 5) is 51.7. The zero-order valence-corrected chi connectivity index (χ0v) is 18.1. The van der Waals surface area contributed by atoms with Crippen LogP contribution in [0.4, 0.5) is 0 Å². The Morgan fingerprint density at radius 3 is 2.18 bits per heavy atom. The quantitative estimate of drug-likeness (QED) is 0.557. The van der Waals surface area contributed by atoms with E-state index < -0.39 is 17.9 Å². The largest absolute Gasteiger partial charge is 0.508 e. The van der Waals surface area contributed by atoms with E-state index in [4.69, 9.17) is 0 Å². The van der Waals surface area contributed by atoms with Crippen LogP contribution < -0.4 is 5.32 Å². The molecule has 3 N–H and O–H groups in total. The number of nitrogens with one attached hydrogen (secondary N) is 1. The summed E-state index contributed by atoms with van der Waals surface area (Å²) in [6.07, 6.45) is 3.05. The number of carbonyl (C=O) groups excluding carboxylic acids is 3. The van der Waals surface area contributed by atoms with Crippen molar-refractivity contribution in [3.05, 3.63) is 65.2 Å². The van der Waals surface area contributed by atoms with Crippen molar-refractivity contribution in [3.63, 3.8) is 0 Å². The van der Waals surface area contributed by atoms with Gasteiger partial charge in [-0.05, 0) is 48.6 Å². The highest BCUT2D eigenvalue weighted by Gasteiger charge is 2.40. The minimum atomic E-state index is -1.15. The van der Waals surface area contributed by atoms with E-state index in [1.54, 1.807) is 36.4 Å². The lowest BCUT2D eigenvalue weighted by atomic mass is 9.78. The molecule has 33 heavy (non-hydrogen) atoms. The molecule has 0 aromatic heterocycles. The summed E-state index contributed by atoms with van der Waals surface area (Å²) in [6, 6.07) is 11.7. The maximum absolute atomic E-state index is 13.1. The van der Waals surface area contributed by atoms with Crippen molar-refractivity contribution < 1.29 is 29.4 Å². The normalized spacial score (nSPS) is 20.9. The lowest BCUT2D eigenvalue weighted by Crippen LogP contribution is -2.49. The van der Waals surface area contributed by atoms with Crippen molar-refractivity contribution in [1.29, 1.82) is 0 Å². The first-order valence-corrected chi connectivity index (χ1v) is 11.1. The molecule has 8 nitrogen and oxygen atoms in total. The topological polar surface area (TPSA) is 124 Å². The third-order valence-electron chi connectivity index (χ3n) is 6.53. The number of aliphatic carboxylic acids is 1. The summed E-state index contributed by atoms with van der Waals surface area (Å²) in [7, 11) is 0. The minimum Gasteiger partial charge on any atom is -0.508 e. The molecule has 1 saturated carbocycles. The van der Waals surface area contributed by atoms with Crippen LogP contribution in [-0.4, -0.2) is 51.4 Å². The van der Waals surface area contributed by atoms with Crippen LogP contribution in [0.5, 0.6) is 5.75 Å². The maximum atomic E-state index is 13.1. The number of nitrogens with zero attached hydrogens (tertiary/aromatic N) is 1. The third-order valence-corrected chi connectivity index (χ3v) is 6.53. The van der Waals surface area contributed by atoms with Gasteiger partial charge in [0.05, 0.1) is 11.1 Å². The number of phenols is 1. The fourth-order valence-electron chi connectivity index (χ4n) is 4.76. The average molecular weight is 450 g/mol. The van der Waals surface area contributed by atoms with Gasteiger partial charge in [0.2, 0.25) is 5.91 Å². The zero-order chi connectivity index (χ0) is 23.5. The number of benzene rings is 2. The lowest BCUT2D eigenvalue weighted by Gasteiger charge is -2.33. The highest BCUT2D eigenvalue weighted by molar-refractivity contribution is 6.21. The zero-order valence-electron chi connectivity index (χ0n) is 18.1. The van der Waals surface area contributed by atoms with Crippen LogP contribution >= 0.6 is 0 Å². The summed E-state index contributed by atoms with van der Waals surface area (Å²) >= 11 is 0. The van der Waals surface area contributed by atoms with Crippen molar-refractivity contribution in [2.24, 2.45) is 11.8 Å². The van der Waals surface area contributed by atoms with Gasteiger partial charge in [0, 0.05) is 18.9 Å². The Balaban J connectivity index is 1.45. The predicted octanol–water partition coefficient (Wildman–Crippen LogP) is 2.61. The molecule has 8 heteroatoms. The Hall–Kier alpha value is -3.68. The average Bonchev–Trinajstić information content (AvgIpc) is 3.05. The van der Waals surface area contributed by atoms with E-state index in [2.05, 4.69) is 5.32 Å². The molecule has 2 aromatic carbocycles. The van der Waals surface area contributed by atoms with Crippen LogP contribution in [0.25, 0.3) is 0 Å². The van der Waals surface area contributed by atoms with Gasteiger partial charge in [-0.1, -0.05) is 37.1 Å². The predicted molar refractivity (Wildman–Crippen MR) is 119 cm³/mol. The molecule has 1 aliphatic heterocycles. The van der Waals surface area contributed by atoms with Gasteiger partial charge in [-0.2, -0.15) is 0 Å². The number of hydrogen-bond donors (Lipinski definition) is 3. The summed E-state index contributed by atoms with van der Waals surface area (Å²) in [5, 5.41) is 21.7. The molecule has 0 saturated heterocycles. The second-order valence-electron chi connectivity index (χ2n) is 8.69. The van der Waals surface area contributed by atoms with Crippen molar-refractivity contribution in [1.82, 2.24) is 10.2 Å². The van der Waals surface area contributed by atoms with Crippen LogP contribution in [0.15, 0.2) is 48.5 Å². The minimum absolute atomic E-state index is 0.0767. The van der Waals surface area contributed by atoms with Crippen LogP contribution in [0, 0.1) is 11.8 Å². The Bertz CT molecular complexity index is 1050. The molecule has 1 heterocycles. The number of rotatable bonds is 7. The SMILES string of the molecule is O=C(O)C(Cc1ccc(O)cc1)NC(=O)C1CCCCC1CN1C(=O)c2ccccc2C1=O. The third kappa shape index (κ3) is 4.74. The number of amides is 3. The van der Waals surface area contributed by atoms with E-state index in [9.17, 15) is 29.4 Å². The van der Waals surface area contributed by atoms with Gasteiger partial charge >= 0.3 is 5.97 Å². The van der Waals surface area contributed by atoms with Gasteiger partial charge in [0.25, 0.3) is 11.8 Å². The number of imide groups is 1. The number of phenolic OH excluding ortho intramolecular Hbond substituents is 1. The van der Waals surface area contributed by atoms with Gasteiger partial charge in [0.15, 0.2) is 0 Å². The monoisotopic (exact) mass is 450 g/mol. The summed E-state index contributed by atoms with van der Waals surface area (Å²) in [5.74, 6) is -2.86. The Kier molecular flexibility index (Phi) is 6.44. The highest BCUT2D eigenvalue weighted by Crippen LogP contribution is 2.33. The fourth-order valence-corrected chi connectivity index (χ4v) is 4.76. The lowest BCUT2D eigenvalue weighted by molar-refractivity contribution is -0.143. The molecule has 2 aromatic rings. The molecule has 3 atom stereocenters. The van der Waals surface area contributed by atoms with Gasteiger partial charge < -0.3 is 15.5 Å². The molecule has 0 bridgehead atoms. The number of hydrogen-bond acceptors (Lipinski definition) is 5. The van der Waals surface area contributed by atoms with E-state index in [0.29, 0.717) is 29.5 Å². The molecule has 1 fully saturated rings. The fraction of sp³-hybridized carbons (Fsp3) is 0.360. The molecular formula is C25H26N2O6. The molecule has 0 spiro atoms. The molecule has 0 radical (unpaired) electrons. The van der Waals surface area contributed by atoms with Crippen molar-refractivity contribution in [3.8, 4) is 5.75 Å². The number of carboxylic acid groups (broad SMARTS) is 1. The molecule has 2 aliphatic rings. The van der Waals surface area contributed by atoms with Crippen molar-refractivity contribution in [2.75, 3.05) is 6.54 Å².